The number of benzene rings is 4. The summed E-state index contributed by atoms with van der Waals surface area (Å²) in [6, 6.07) is 29.8. The van der Waals surface area contributed by atoms with Crippen LogP contribution in [0.25, 0.3) is 0 Å². The molecular formula is C43H46N6O8Si. The minimum absolute atomic E-state index is 0.117. The number of hydrogen-bond donors (Lipinski definition) is 1. The number of aryl methyl sites for hydroxylation is 1. The first-order chi connectivity index (χ1) is 28.0. The maximum absolute atomic E-state index is 15.3. The van der Waals surface area contributed by atoms with Gasteiger partial charge in [0.25, 0.3) is 11.6 Å². The highest BCUT2D eigenvalue weighted by Crippen LogP contribution is 2.60. The Kier molecular flexibility index (Phi) is 10.4. The molecule has 2 fully saturated rings. The molecule has 2 saturated heterocycles. The monoisotopic (exact) mass is 802 g/mol. The number of ether oxygens (including phenoxy) is 3. The number of aromatic nitrogens is 3. The number of rotatable bonds is 13. The van der Waals surface area contributed by atoms with Gasteiger partial charge in [-0.2, -0.15) is 0 Å². The van der Waals surface area contributed by atoms with Crippen LogP contribution >= 0.6 is 0 Å². The number of carbonyl (C=O) groups is 2. The van der Waals surface area contributed by atoms with Gasteiger partial charge in [0, 0.05) is 42.0 Å². The minimum Gasteiger partial charge on any atom is -0.497 e. The molecule has 8 rings (SSSR count). The van der Waals surface area contributed by atoms with E-state index in [0.29, 0.717) is 48.7 Å². The Bertz CT molecular complexity index is 2320. The Labute approximate surface area is 337 Å². The van der Waals surface area contributed by atoms with Crippen molar-refractivity contribution in [3.63, 3.8) is 0 Å². The van der Waals surface area contributed by atoms with Gasteiger partial charge in [-0.3, -0.25) is 24.5 Å². The fourth-order valence-corrected chi connectivity index (χ4v) is 13.4. The van der Waals surface area contributed by atoms with Crippen molar-refractivity contribution in [3.05, 3.63) is 136 Å². The third-order valence-corrected chi connectivity index (χ3v) is 16.7. The molecule has 1 N–H and O–H groups in total. The van der Waals surface area contributed by atoms with Crippen molar-refractivity contribution in [2.24, 2.45) is 5.92 Å². The van der Waals surface area contributed by atoms with Crippen molar-refractivity contribution in [1.82, 2.24) is 15.0 Å². The van der Waals surface area contributed by atoms with Crippen LogP contribution in [-0.4, -0.2) is 78.1 Å². The molecule has 1 spiro atoms. The molecule has 2 amide bonds. The van der Waals surface area contributed by atoms with Crippen LogP contribution in [0.2, 0.25) is 18.6 Å². The lowest BCUT2D eigenvalue weighted by molar-refractivity contribution is -0.385. The van der Waals surface area contributed by atoms with Crippen molar-refractivity contribution >= 4 is 42.3 Å². The van der Waals surface area contributed by atoms with Gasteiger partial charge in [-0.25, -0.2) is 4.79 Å². The van der Waals surface area contributed by atoms with Gasteiger partial charge >= 0.3 is 6.09 Å². The first kappa shape index (κ1) is 38.9. The zero-order valence-corrected chi connectivity index (χ0v) is 33.9. The number of cyclic esters (lactones) is 1. The van der Waals surface area contributed by atoms with E-state index in [1.807, 2.05) is 72.9 Å². The summed E-state index contributed by atoms with van der Waals surface area (Å²) in [5.41, 5.74) is 2.40. The van der Waals surface area contributed by atoms with Crippen LogP contribution in [0.3, 0.4) is 0 Å². The maximum Gasteiger partial charge on any atom is 0.414 e. The average molecular weight is 803 g/mol. The number of anilines is 2. The summed E-state index contributed by atoms with van der Waals surface area (Å²) < 4.78 is 19.6. The lowest BCUT2D eigenvalue weighted by atomic mass is 9.82. The van der Waals surface area contributed by atoms with Gasteiger partial charge in [0.05, 0.1) is 63.2 Å². The summed E-state index contributed by atoms with van der Waals surface area (Å²) in [5.74, 6) is -0.248. The Morgan fingerprint density at radius 2 is 1.78 bits per heavy atom. The molecule has 4 aromatic carbocycles. The van der Waals surface area contributed by atoms with Gasteiger partial charge in [0.2, 0.25) is 0 Å². The minimum atomic E-state index is -2.52. The molecule has 3 aliphatic heterocycles. The number of nitro benzene ring substituents is 1. The number of aliphatic hydroxyl groups excluding tert-OH is 1. The van der Waals surface area contributed by atoms with Crippen LogP contribution in [-0.2, 0) is 33.0 Å². The molecule has 0 radical (unpaired) electrons. The fraction of sp³-hybridized carbons (Fsp3) is 0.349. The van der Waals surface area contributed by atoms with Crippen LogP contribution in [0.1, 0.15) is 41.6 Å². The Hall–Kier alpha value is -5.90. The molecule has 58 heavy (non-hydrogen) atoms. The van der Waals surface area contributed by atoms with Crippen LogP contribution in [0.4, 0.5) is 21.9 Å². The number of nitrogens with zero attached hydrogens (tertiary/aromatic N) is 6. The normalized spacial score (nSPS) is 22.1. The molecule has 1 unspecified atom stereocenters. The molecule has 0 saturated carbocycles. The van der Waals surface area contributed by atoms with Crippen molar-refractivity contribution in [2.45, 2.75) is 62.7 Å². The third-order valence-electron chi connectivity index (χ3n) is 12.3. The van der Waals surface area contributed by atoms with E-state index in [0.717, 1.165) is 22.1 Å². The topological polar surface area (TPSA) is 162 Å². The molecule has 3 aliphatic rings. The van der Waals surface area contributed by atoms with Crippen LogP contribution in [0.15, 0.2) is 103 Å². The third kappa shape index (κ3) is 6.72. The second kappa shape index (κ2) is 15.5. The number of methoxy groups -OCH3 is 1. The number of amides is 2. The quantitative estimate of drug-likeness (QED) is 0.0833. The number of non-ortho nitro benzene ring substituents is 1. The van der Waals surface area contributed by atoms with E-state index < -0.39 is 30.8 Å². The van der Waals surface area contributed by atoms with Gasteiger partial charge in [0.15, 0.2) is 5.60 Å². The maximum atomic E-state index is 15.3. The number of fused-ring (bicyclic) bond motifs is 2. The highest BCUT2D eigenvalue weighted by Gasteiger charge is 2.66. The summed E-state index contributed by atoms with van der Waals surface area (Å²) in [6.07, 6.45) is 1.49. The summed E-state index contributed by atoms with van der Waals surface area (Å²) in [6.45, 7) is 7.89. The number of carbonyl (C=O) groups excluding carboxylic acids is 2. The van der Waals surface area contributed by atoms with Crippen LogP contribution in [0.5, 0.6) is 5.75 Å². The molecule has 4 heterocycles. The SMILES string of the molecule is COc1ccc([Si](C)(C)[C@@H]2[C@@H](CCn3cc(C(CO)c4ccccc4)nn3)O[C@]3(C(=O)N(Cc4ccc(N5CCOC5=O)cc4)c4ccc([N+](=O)[O-])cc43)[C@H]2C)cc1. The highest BCUT2D eigenvalue weighted by molar-refractivity contribution is 6.91. The smallest absolute Gasteiger partial charge is 0.414 e. The summed E-state index contributed by atoms with van der Waals surface area (Å²) in [4.78, 5) is 42.5. The predicted molar refractivity (Wildman–Crippen MR) is 219 cm³/mol. The molecule has 5 atom stereocenters. The zero-order chi connectivity index (χ0) is 40.8. The van der Waals surface area contributed by atoms with Crippen molar-refractivity contribution in [2.75, 3.05) is 36.7 Å². The molecule has 14 nitrogen and oxygen atoms in total. The van der Waals surface area contributed by atoms with E-state index in [2.05, 4.69) is 42.5 Å². The van der Waals surface area contributed by atoms with Crippen LogP contribution in [0, 0.1) is 16.0 Å². The van der Waals surface area contributed by atoms with E-state index >= 15 is 4.79 Å². The lowest BCUT2D eigenvalue weighted by Gasteiger charge is -2.37. The molecule has 1 aromatic heterocycles. The summed E-state index contributed by atoms with van der Waals surface area (Å²) in [5, 5.41) is 32.6. The van der Waals surface area contributed by atoms with Crippen molar-refractivity contribution < 1.29 is 33.8 Å². The zero-order valence-electron chi connectivity index (χ0n) is 32.9. The van der Waals surface area contributed by atoms with Gasteiger partial charge in [-0.15, -0.1) is 5.10 Å². The Morgan fingerprint density at radius 1 is 1.03 bits per heavy atom. The lowest BCUT2D eigenvalue weighted by Crippen LogP contribution is -2.51. The van der Waals surface area contributed by atoms with Gasteiger partial charge in [0.1, 0.15) is 12.4 Å². The van der Waals surface area contributed by atoms with E-state index in [9.17, 15) is 20.0 Å². The van der Waals surface area contributed by atoms with E-state index in [1.54, 1.807) is 27.7 Å². The van der Waals surface area contributed by atoms with Crippen LogP contribution < -0.4 is 19.7 Å². The second-order valence-electron chi connectivity index (χ2n) is 15.8. The largest absolute Gasteiger partial charge is 0.497 e. The number of nitro groups is 1. The molecule has 5 aromatic rings. The molecule has 0 aliphatic carbocycles. The number of aliphatic hydroxyl groups is 1. The Morgan fingerprint density at radius 3 is 2.43 bits per heavy atom. The first-order valence-corrected chi connectivity index (χ1v) is 22.6. The van der Waals surface area contributed by atoms with Gasteiger partial charge in [-0.1, -0.05) is 85.0 Å². The fourth-order valence-electron chi connectivity index (χ4n) is 9.33. The van der Waals surface area contributed by atoms with Crippen molar-refractivity contribution in [1.29, 1.82) is 0 Å². The molecule has 0 bridgehead atoms. The average Bonchev–Trinajstić information content (AvgIpc) is 4.01. The van der Waals surface area contributed by atoms with E-state index in [4.69, 9.17) is 14.2 Å². The van der Waals surface area contributed by atoms with Crippen molar-refractivity contribution in [3.8, 4) is 5.75 Å². The Balaban J connectivity index is 1.16. The second-order valence-corrected chi connectivity index (χ2v) is 20.5. The summed E-state index contributed by atoms with van der Waals surface area (Å²) in [7, 11) is -0.883. The predicted octanol–water partition coefficient (Wildman–Crippen LogP) is 6.13. The summed E-state index contributed by atoms with van der Waals surface area (Å²) >= 11 is 0. The molecule has 300 valence electrons. The number of hydrogen-bond acceptors (Lipinski definition) is 10. The van der Waals surface area contributed by atoms with E-state index in [1.165, 1.54) is 12.1 Å². The first-order valence-electron chi connectivity index (χ1n) is 19.5. The van der Waals surface area contributed by atoms with Gasteiger partial charge in [-0.05, 0) is 53.4 Å². The molecule has 15 heteroatoms. The highest BCUT2D eigenvalue weighted by atomic mass is 28.3. The standard InChI is InChI=1S/C43H46N6O8Si/c1-28-40(58(3,4)34-17-15-33(55-2)16-18-34)39(20-21-46-26-37(44-45-46)35(27-50)30-8-6-5-7-9-30)57-43(28)36-24-32(49(53)54)14-19-38(36)48(41(43)51)25-29-10-12-31(13-11-29)47-22-23-56-42(47)52/h5-19,24,26,28,35,39-40,50H,20-23,25,27H2,1-4H3/t28-,35?,39+,40-,43+/m0/s1. The molecular weight excluding hydrogens is 757 g/mol. The van der Waals surface area contributed by atoms with E-state index in [-0.39, 0.29) is 42.1 Å². The van der Waals surface area contributed by atoms with Gasteiger partial charge < -0.3 is 24.2 Å².